The number of hydrogen-bond donors (Lipinski definition) is 4. The van der Waals surface area contributed by atoms with Gasteiger partial charge in [-0.25, -0.2) is 4.57 Å². The molecule has 0 aliphatic rings. The monoisotopic (exact) mass is 821 g/mol. The fraction of sp³-hybridized carbons (Fsp3) is 0.614. The Hall–Kier alpha value is -3.38. The highest BCUT2D eigenvalue weighted by atomic mass is 31.2. The van der Waals surface area contributed by atoms with Crippen LogP contribution in [0.5, 0.6) is 0 Å². The molecule has 0 saturated heterocycles. The molecule has 0 radical (unpaired) electrons. The highest BCUT2D eigenvalue weighted by Gasteiger charge is 2.28. The zero-order valence-electron chi connectivity index (χ0n) is 34.5. The second-order valence-corrected chi connectivity index (χ2v) is 15.0. The number of phosphoric ester groups is 1. The molecule has 0 aliphatic carbocycles. The normalized spacial score (nSPS) is 15.2. The van der Waals surface area contributed by atoms with Gasteiger partial charge in [0.25, 0.3) is 0 Å². The lowest BCUT2D eigenvalue weighted by atomic mass is 10.1. The fourth-order valence-electron chi connectivity index (χ4n) is 4.97. The minimum absolute atomic E-state index is 0.113. The summed E-state index contributed by atoms with van der Waals surface area (Å²) in [6.07, 6.45) is 42.6. The van der Waals surface area contributed by atoms with Crippen molar-refractivity contribution < 1.29 is 52.6 Å². The van der Waals surface area contributed by atoms with Crippen molar-refractivity contribution in [1.82, 2.24) is 0 Å². The number of hydrogen-bond acceptors (Lipinski definition) is 10. The van der Waals surface area contributed by atoms with Gasteiger partial charge in [-0.1, -0.05) is 131 Å². The molecule has 0 aromatic carbocycles. The first kappa shape index (κ1) is 53.6. The maximum atomic E-state index is 12.6. The molecule has 0 fully saturated rings. The van der Waals surface area contributed by atoms with Gasteiger partial charge in [0, 0.05) is 12.8 Å². The molecule has 0 aliphatic heterocycles. The lowest BCUT2D eigenvalue weighted by molar-refractivity contribution is -0.161. The smallest absolute Gasteiger partial charge is 0.472 e. The van der Waals surface area contributed by atoms with Crippen molar-refractivity contribution >= 4 is 25.7 Å². The van der Waals surface area contributed by atoms with E-state index in [1.165, 1.54) is 0 Å². The Bertz CT molecular complexity index is 1300. The average molecular weight is 822 g/mol. The van der Waals surface area contributed by atoms with Crippen molar-refractivity contribution in [3.8, 4) is 0 Å². The molecule has 0 saturated carbocycles. The summed E-state index contributed by atoms with van der Waals surface area (Å²) >= 11 is 0. The van der Waals surface area contributed by atoms with Crippen molar-refractivity contribution in [1.29, 1.82) is 0 Å². The number of nitrogens with two attached hydrogens (primary N) is 1. The summed E-state index contributed by atoms with van der Waals surface area (Å²) in [5.41, 5.74) is 5.32. The number of unbranched alkanes of at least 4 members (excludes halogenated alkanes) is 9. The molecule has 12 nitrogen and oxygen atoms in total. The van der Waals surface area contributed by atoms with Crippen LogP contribution in [0.4, 0.5) is 0 Å². The molecule has 0 bridgehead atoms. The molecule has 324 valence electrons. The van der Waals surface area contributed by atoms with Crippen LogP contribution in [0.2, 0.25) is 0 Å². The predicted molar refractivity (Wildman–Crippen MR) is 227 cm³/mol. The van der Waals surface area contributed by atoms with E-state index in [2.05, 4.69) is 73.1 Å². The molecule has 0 amide bonds. The zero-order chi connectivity index (χ0) is 42.2. The van der Waals surface area contributed by atoms with Crippen LogP contribution in [0.1, 0.15) is 136 Å². The summed E-state index contributed by atoms with van der Waals surface area (Å²) in [6.45, 7) is 2.39. The number of allylic oxidation sites excluding steroid dienone is 12. The molecule has 0 spiro atoms. The van der Waals surface area contributed by atoms with E-state index < -0.39 is 57.2 Å². The average Bonchev–Trinajstić information content (AvgIpc) is 3.18. The first-order valence-corrected chi connectivity index (χ1v) is 22.2. The molecule has 4 atom stereocenters. The summed E-state index contributed by atoms with van der Waals surface area (Å²) in [5, 5.41) is 18.7. The lowest BCUT2D eigenvalue weighted by Gasteiger charge is -2.20. The first-order valence-electron chi connectivity index (χ1n) is 20.7. The Morgan fingerprint density at radius 3 is 1.75 bits per heavy atom. The van der Waals surface area contributed by atoms with Crippen molar-refractivity contribution in [2.75, 3.05) is 19.8 Å². The third-order valence-corrected chi connectivity index (χ3v) is 9.17. The van der Waals surface area contributed by atoms with E-state index in [1.807, 2.05) is 24.3 Å². The number of esters is 2. The summed E-state index contributed by atoms with van der Waals surface area (Å²) < 4.78 is 32.6. The molecule has 57 heavy (non-hydrogen) atoms. The van der Waals surface area contributed by atoms with Crippen LogP contribution in [-0.2, 0) is 37.5 Å². The van der Waals surface area contributed by atoms with Crippen LogP contribution in [0.25, 0.3) is 0 Å². The highest BCUT2D eigenvalue weighted by molar-refractivity contribution is 7.47. The van der Waals surface area contributed by atoms with Gasteiger partial charge in [0.05, 0.1) is 19.3 Å². The number of rotatable bonds is 37. The van der Waals surface area contributed by atoms with Crippen molar-refractivity contribution in [2.45, 2.75) is 154 Å². The van der Waals surface area contributed by atoms with Gasteiger partial charge in [-0.15, -0.1) is 0 Å². The number of aliphatic hydroxyl groups is 1. The van der Waals surface area contributed by atoms with E-state index in [9.17, 15) is 28.9 Å². The maximum Gasteiger partial charge on any atom is 0.472 e. The Kier molecular flexibility index (Phi) is 35.9. The molecular weight excluding hydrogens is 749 g/mol. The van der Waals surface area contributed by atoms with E-state index in [0.29, 0.717) is 19.3 Å². The molecule has 0 aromatic rings. The number of aliphatic hydroxyl groups excluding tert-OH is 1. The molecule has 13 heteroatoms. The van der Waals surface area contributed by atoms with Crippen LogP contribution in [0, 0.1) is 0 Å². The molecule has 2 unspecified atom stereocenters. The van der Waals surface area contributed by atoms with Gasteiger partial charge >= 0.3 is 25.7 Å². The number of carboxylic acid groups (broad SMARTS) is 1. The van der Waals surface area contributed by atoms with Crippen LogP contribution >= 0.6 is 7.82 Å². The Balaban J connectivity index is 4.52. The number of aliphatic carboxylic acids is 1. The summed E-state index contributed by atoms with van der Waals surface area (Å²) in [4.78, 5) is 45.9. The maximum absolute atomic E-state index is 12.6. The molecule has 0 rings (SSSR count). The summed E-state index contributed by atoms with van der Waals surface area (Å²) in [5.74, 6) is -2.49. The standard InChI is InChI=1S/C44H72NO11P/c1-3-5-7-8-9-10-11-12-13-14-15-16-17-20-24-27-31-35-43(48)56-40(37-54-57(51,52)55-38-41(45)44(49)50)36-53-42(47)34-30-26-23-21-18-19-22-25-29-33-39(46)32-28-6-4-2/h5-7,9-10,12-13,15-16,22,25,28-29,33,39-41,46H,3-4,8,11,14,17-21,23-24,26-27,30-32,34-38,45H2,1-2H3,(H,49,50)(H,51,52)/b7-5-,10-9-,13-12-,16-15-,25-22+,28-6+,33-29+/t39?,40-,41+/m1/s1. The first-order chi connectivity index (χ1) is 27.5. The van der Waals surface area contributed by atoms with Crippen LogP contribution in [0.3, 0.4) is 0 Å². The highest BCUT2D eigenvalue weighted by Crippen LogP contribution is 2.43. The van der Waals surface area contributed by atoms with E-state index in [0.717, 1.165) is 89.9 Å². The third-order valence-electron chi connectivity index (χ3n) is 8.22. The van der Waals surface area contributed by atoms with Crippen molar-refractivity contribution in [3.63, 3.8) is 0 Å². The summed E-state index contributed by atoms with van der Waals surface area (Å²) in [6, 6.07) is -1.54. The van der Waals surface area contributed by atoms with E-state index in [4.69, 9.17) is 24.8 Å². The molecule has 5 N–H and O–H groups in total. The van der Waals surface area contributed by atoms with E-state index in [-0.39, 0.29) is 19.4 Å². The number of phosphoric acid groups is 1. The second-order valence-electron chi connectivity index (χ2n) is 13.6. The number of carboxylic acids is 1. The number of carbonyl (C=O) groups is 3. The number of carbonyl (C=O) groups excluding carboxylic acids is 2. The zero-order valence-corrected chi connectivity index (χ0v) is 35.4. The van der Waals surface area contributed by atoms with Crippen molar-refractivity contribution in [2.24, 2.45) is 5.73 Å². The van der Waals surface area contributed by atoms with Crippen molar-refractivity contribution in [3.05, 3.63) is 85.1 Å². The summed E-state index contributed by atoms with van der Waals surface area (Å²) in [7, 11) is -4.74. The minimum Gasteiger partial charge on any atom is -0.480 e. The van der Waals surface area contributed by atoms with Gasteiger partial charge in [-0.3, -0.25) is 23.4 Å². The van der Waals surface area contributed by atoms with Gasteiger partial charge in [-0.05, 0) is 77.0 Å². The van der Waals surface area contributed by atoms with E-state index >= 15 is 0 Å². The Labute approximate surface area is 342 Å². The van der Waals surface area contributed by atoms with Gasteiger partial charge in [0.1, 0.15) is 12.6 Å². The van der Waals surface area contributed by atoms with Gasteiger partial charge in [0.15, 0.2) is 6.10 Å². The van der Waals surface area contributed by atoms with Crippen LogP contribution < -0.4 is 5.73 Å². The predicted octanol–water partition coefficient (Wildman–Crippen LogP) is 9.69. The minimum atomic E-state index is -4.74. The third kappa shape index (κ3) is 37.9. The topological polar surface area (TPSA) is 192 Å². The van der Waals surface area contributed by atoms with Gasteiger partial charge < -0.3 is 30.3 Å². The Morgan fingerprint density at radius 1 is 0.632 bits per heavy atom. The molecular formula is C44H72NO11P. The quantitative estimate of drug-likeness (QED) is 0.0153. The molecule has 0 heterocycles. The van der Waals surface area contributed by atoms with Gasteiger partial charge in [-0.2, -0.15) is 0 Å². The SMILES string of the molecule is CC/C=C\C/C=C\C/C=C\C/C=C\CCCCCCC(=O)O[C@H](COC(=O)CCCCCCC/C=C/C=C/C(O)C/C=C/CC)COP(=O)(O)OC[C@H](N)C(=O)O. The Morgan fingerprint density at radius 2 is 1.14 bits per heavy atom. The van der Waals surface area contributed by atoms with Crippen LogP contribution in [0.15, 0.2) is 85.1 Å². The molecule has 0 aromatic heterocycles. The van der Waals surface area contributed by atoms with E-state index in [1.54, 1.807) is 6.08 Å². The largest absolute Gasteiger partial charge is 0.480 e. The number of ether oxygens (including phenoxy) is 2. The van der Waals surface area contributed by atoms with Crippen LogP contribution in [-0.4, -0.2) is 71.1 Å². The fourth-order valence-corrected chi connectivity index (χ4v) is 5.75. The lowest BCUT2D eigenvalue weighted by Crippen LogP contribution is -2.34. The second kappa shape index (κ2) is 38.2. The van der Waals surface area contributed by atoms with Gasteiger partial charge in [0.2, 0.25) is 0 Å².